The molecule has 79 heavy (non-hydrogen) atoms. The van der Waals surface area contributed by atoms with Crippen molar-refractivity contribution in [3.63, 3.8) is 0 Å². The minimum absolute atomic E-state index is 0.244. The van der Waals surface area contributed by atoms with Crippen molar-refractivity contribution >= 4 is 5.91 Å². The molecule has 1 aliphatic heterocycles. The van der Waals surface area contributed by atoms with Crippen LogP contribution in [0.4, 0.5) is 0 Å². The van der Waals surface area contributed by atoms with Crippen LogP contribution in [-0.2, 0) is 14.3 Å². The third-order valence-electron chi connectivity index (χ3n) is 16.4. The molecule has 0 radical (unpaired) electrons. The molecule has 0 aromatic carbocycles. The number of aliphatic hydroxyl groups excluding tert-OH is 7. The van der Waals surface area contributed by atoms with Gasteiger partial charge in [-0.3, -0.25) is 4.79 Å². The summed E-state index contributed by atoms with van der Waals surface area (Å²) in [5.41, 5.74) is 0. The van der Waals surface area contributed by atoms with Crippen molar-refractivity contribution in [3.8, 4) is 0 Å². The Morgan fingerprint density at radius 1 is 0.430 bits per heavy atom. The van der Waals surface area contributed by atoms with Crippen LogP contribution in [0.5, 0.6) is 0 Å². The van der Waals surface area contributed by atoms with Crippen molar-refractivity contribution in [1.82, 2.24) is 5.32 Å². The molecule has 0 saturated carbocycles. The minimum Gasteiger partial charge on any atom is -0.394 e. The summed E-state index contributed by atoms with van der Waals surface area (Å²) in [6.45, 7) is 3.48. The average Bonchev–Trinajstić information content (AvgIpc) is 3.46. The summed E-state index contributed by atoms with van der Waals surface area (Å²) in [5.74, 6) is -0.712. The first kappa shape index (κ1) is 75.3. The van der Waals surface area contributed by atoms with E-state index in [1.165, 1.54) is 218 Å². The highest BCUT2D eigenvalue weighted by Gasteiger charge is 2.44. The third kappa shape index (κ3) is 44.5. The van der Waals surface area contributed by atoms with Crippen molar-refractivity contribution in [1.29, 1.82) is 0 Å². The molecule has 0 aliphatic carbocycles. The standard InChI is InChI=1S/C68H129NO10/c1-3-5-7-9-11-13-15-17-19-21-23-25-26-27-28-29-30-31-32-33-34-35-36-38-39-41-43-45-47-49-51-53-55-60(71)63(73)59(58-78-68-66(76)65(75)64(74)62(57-70)79-68)69-67(77)61(72)56-54-52-50-48-46-44-42-40-37-24-22-20-18-16-14-12-10-8-6-4-2/h37,39-41,47,49,59-66,68,70-76H,3-36,38,42-46,48,50-58H2,1-2H3,(H,69,77)/b40-37-,41-39+,49-47+. The van der Waals surface area contributed by atoms with E-state index in [2.05, 4.69) is 55.6 Å². The monoisotopic (exact) mass is 1120 g/mol. The Morgan fingerprint density at radius 2 is 0.759 bits per heavy atom. The predicted molar refractivity (Wildman–Crippen MR) is 330 cm³/mol. The second kappa shape index (κ2) is 56.8. The minimum atomic E-state index is -1.67. The molecular formula is C68H129NO10. The van der Waals surface area contributed by atoms with Crippen molar-refractivity contribution in [2.45, 2.75) is 377 Å². The molecule has 1 heterocycles. The number of nitrogens with one attached hydrogen (secondary N) is 1. The van der Waals surface area contributed by atoms with Gasteiger partial charge in [-0.15, -0.1) is 0 Å². The van der Waals surface area contributed by atoms with Crippen LogP contribution in [-0.4, -0.2) is 110 Å². The number of ether oxygens (including phenoxy) is 2. The van der Waals surface area contributed by atoms with Crippen LogP contribution in [0.2, 0.25) is 0 Å². The van der Waals surface area contributed by atoms with Crippen molar-refractivity contribution < 1.29 is 50.0 Å². The van der Waals surface area contributed by atoms with Crippen LogP contribution in [0.1, 0.15) is 322 Å². The lowest BCUT2D eigenvalue weighted by atomic mass is 9.98. The van der Waals surface area contributed by atoms with Gasteiger partial charge in [-0.1, -0.05) is 281 Å². The zero-order valence-corrected chi connectivity index (χ0v) is 51.4. The molecule has 466 valence electrons. The second-order valence-electron chi connectivity index (χ2n) is 23.9. The Morgan fingerprint density at radius 3 is 1.13 bits per heavy atom. The molecule has 9 unspecified atom stereocenters. The van der Waals surface area contributed by atoms with E-state index in [-0.39, 0.29) is 12.8 Å². The SMILES string of the molecule is CCCCCCCCCCCC/C=C\CCCCCCCCC(O)C(=O)NC(COC1OC(CO)C(O)C(O)C1O)C(O)C(O)CCC/C=C/CC/C=C/CCCCCCCCCCCCCCCCCCCCCCCCC. The molecule has 1 amide bonds. The third-order valence-corrected chi connectivity index (χ3v) is 16.4. The molecule has 11 nitrogen and oxygen atoms in total. The molecule has 11 heteroatoms. The van der Waals surface area contributed by atoms with E-state index >= 15 is 0 Å². The molecule has 1 aliphatic rings. The van der Waals surface area contributed by atoms with Crippen molar-refractivity contribution in [2.24, 2.45) is 0 Å². The van der Waals surface area contributed by atoms with Gasteiger partial charge < -0.3 is 50.5 Å². The van der Waals surface area contributed by atoms with Gasteiger partial charge in [-0.25, -0.2) is 0 Å². The molecule has 1 fully saturated rings. The van der Waals surface area contributed by atoms with Gasteiger partial charge in [-0.05, 0) is 77.0 Å². The van der Waals surface area contributed by atoms with Crippen molar-refractivity contribution in [2.75, 3.05) is 13.2 Å². The summed E-state index contributed by atoms with van der Waals surface area (Å²) in [5, 5.41) is 76.3. The lowest BCUT2D eigenvalue weighted by Crippen LogP contribution is -2.60. The first-order valence-electron chi connectivity index (χ1n) is 33.9. The highest BCUT2D eigenvalue weighted by atomic mass is 16.7. The summed E-state index contributed by atoms with van der Waals surface area (Å²) in [6.07, 6.45) is 60.9. The lowest BCUT2D eigenvalue weighted by Gasteiger charge is -2.40. The smallest absolute Gasteiger partial charge is 0.249 e. The Kier molecular flexibility index (Phi) is 54.2. The van der Waals surface area contributed by atoms with Crippen LogP contribution >= 0.6 is 0 Å². The molecule has 0 spiro atoms. The number of hydrogen-bond donors (Lipinski definition) is 8. The van der Waals surface area contributed by atoms with E-state index in [0.717, 1.165) is 57.8 Å². The van der Waals surface area contributed by atoms with Crippen LogP contribution in [0.25, 0.3) is 0 Å². The van der Waals surface area contributed by atoms with E-state index in [4.69, 9.17) is 9.47 Å². The Bertz CT molecular complexity index is 1380. The molecule has 0 aromatic heterocycles. The van der Waals surface area contributed by atoms with Gasteiger partial charge in [0.15, 0.2) is 6.29 Å². The van der Waals surface area contributed by atoms with Gasteiger partial charge in [0.25, 0.3) is 0 Å². The number of hydrogen-bond acceptors (Lipinski definition) is 10. The summed E-state index contributed by atoms with van der Waals surface area (Å²) in [6, 6.07) is -1.20. The molecule has 0 bridgehead atoms. The number of amides is 1. The maximum absolute atomic E-state index is 13.2. The van der Waals surface area contributed by atoms with Gasteiger partial charge in [0.1, 0.15) is 36.6 Å². The first-order chi connectivity index (χ1) is 38.7. The number of aliphatic hydroxyl groups is 7. The Labute approximate surface area is 486 Å². The van der Waals surface area contributed by atoms with Gasteiger partial charge in [0.05, 0.1) is 25.4 Å². The van der Waals surface area contributed by atoms with Crippen LogP contribution in [0, 0.1) is 0 Å². The maximum Gasteiger partial charge on any atom is 0.249 e. The Hall–Kier alpha value is -1.67. The van der Waals surface area contributed by atoms with Gasteiger partial charge in [0, 0.05) is 0 Å². The maximum atomic E-state index is 13.2. The average molecular weight is 1120 g/mol. The largest absolute Gasteiger partial charge is 0.394 e. The molecule has 0 aromatic rings. The zero-order chi connectivity index (χ0) is 57.5. The number of allylic oxidation sites excluding steroid dienone is 6. The van der Waals surface area contributed by atoms with Crippen LogP contribution < -0.4 is 5.32 Å². The highest BCUT2D eigenvalue weighted by Crippen LogP contribution is 2.24. The van der Waals surface area contributed by atoms with E-state index in [9.17, 15) is 40.5 Å². The summed E-state index contributed by atoms with van der Waals surface area (Å²) in [4.78, 5) is 13.2. The highest BCUT2D eigenvalue weighted by molar-refractivity contribution is 5.80. The molecule has 9 atom stereocenters. The normalized spacial score (nSPS) is 19.5. The second-order valence-corrected chi connectivity index (χ2v) is 23.9. The number of unbranched alkanes of at least 4 members (excludes halogenated alkanes) is 41. The Balaban J connectivity index is 2.24. The fourth-order valence-corrected chi connectivity index (χ4v) is 10.9. The summed E-state index contributed by atoms with van der Waals surface area (Å²) in [7, 11) is 0. The lowest BCUT2D eigenvalue weighted by molar-refractivity contribution is -0.303. The number of rotatable bonds is 59. The fourth-order valence-electron chi connectivity index (χ4n) is 10.9. The van der Waals surface area contributed by atoms with E-state index in [1.54, 1.807) is 0 Å². The first-order valence-corrected chi connectivity index (χ1v) is 33.9. The number of carbonyl (C=O) groups is 1. The number of carbonyl (C=O) groups excluding carboxylic acids is 1. The van der Waals surface area contributed by atoms with Gasteiger partial charge in [0.2, 0.25) is 5.91 Å². The summed E-state index contributed by atoms with van der Waals surface area (Å²) >= 11 is 0. The van der Waals surface area contributed by atoms with E-state index < -0.39 is 74.2 Å². The van der Waals surface area contributed by atoms with Crippen molar-refractivity contribution in [3.05, 3.63) is 36.5 Å². The van der Waals surface area contributed by atoms with E-state index in [0.29, 0.717) is 19.3 Å². The van der Waals surface area contributed by atoms with Crippen LogP contribution in [0.3, 0.4) is 0 Å². The molecule has 1 saturated heterocycles. The summed E-state index contributed by atoms with van der Waals surface area (Å²) < 4.78 is 11.2. The topological polar surface area (TPSA) is 189 Å². The van der Waals surface area contributed by atoms with Crippen LogP contribution in [0.15, 0.2) is 36.5 Å². The van der Waals surface area contributed by atoms with Gasteiger partial charge in [-0.2, -0.15) is 0 Å². The molecule has 8 N–H and O–H groups in total. The zero-order valence-electron chi connectivity index (χ0n) is 51.4. The van der Waals surface area contributed by atoms with E-state index in [1.807, 2.05) is 0 Å². The molecular weight excluding hydrogens is 991 g/mol. The van der Waals surface area contributed by atoms with Gasteiger partial charge >= 0.3 is 0 Å². The quantitative estimate of drug-likeness (QED) is 0.0215. The molecule has 1 rings (SSSR count). The fraction of sp³-hybridized carbons (Fsp3) is 0.897. The predicted octanol–water partition coefficient (Wildman–Crippen LogP) is 15.8.